The van der Waals surface area contributed by atoms with Crippen molar-refractivity contribution in [2.75, 3.05) is 19.6 Å². The fraction of sp³-hybridized carbons (Fsp3) is 0.583. The first-order chi connectivity index (χ1) is 7.65. The van der Waals surface area contributed by atoms with E-state index >= 15 is 0 Å². The van der Waals surface area contributed by atoms with Crippen LogP contribution in [0.25, 0.3) is 0 Å². The predicted octanol–water partition coefficient (Wildman–Crippen LogP) is 1.07. The number of nitrogens with zero attached hydrogens (tertiary/aromatic N) is 3. The van der Waals surface area contributed by atoms with Gasteiger partial charge in [-0.2, -0.15) is 5.10 Å². The average Bonchev–Trinajstić information content (AvgIpc) is 2.68. The Labute approximate surface area is 96.7 Å². The van der Waals surface area contributed by atoms with Gasteiger partial charge in [0.1, 0.15) is 0 Å². The van der Waals surface area contributed by atoms with Gasteiger partial charge in [-0.1, -0.05) is 11.6 Å². The SMILES string of the molecule is CC1=CCN(CC(N)c2cnn(C)c2)CC1. The Kier molecular flexibility index (Phi) is 3.41. The van der Waals surface area contributed by atoms with E-state index in [4.69, 9.17) is 5.73 Å². The number of aromatic nitrogens is 2. The van der Waals surface area contributed by atoms with Crippen LogP contribution in [-0.4, -0.2) is 34.3 Å². The molecule has 1 aliphatic rings. The molecule has 0 aliphatic carbocycles. The van der Waals surface area contributed by atoms with Gasteiger partial charge in [0.05, 0.1) is 6.20 Å². The minimum atomic E-state index is 0.0699. The molecule has 0 amide bonds. The lowest BCUT2D eigenvalue weighted by atomic mass is 10.1. The molecule has 0 spiro atoms. The second kappa shape index (κ2) is 4.80. The van der Waals surface area contributed by atoms with Gasteiger partial charge in [-0.05, 0) is 13.3 Å². The molecule has 1 unspecified atom stereocenters. The summed E-state index contributed by atoms with van der Waals surface area (Å²) >= 11 is 0. The third-order valence-corrected chi connectivity index (χ3v) is 3.13. The minimum Gasteiger partial charge on any atom is -0.323 e. The maximum Gasteiger partial charge on any atom is 0.0537 e. The van der Waals surface area contributed by atoms with Gasteiger partial charge in [-0.3, -0.25) is 9.58 Å². The van der Waals surface area contributed by atoms with E-state index in [1.807, 2.05) is 19.4 Å². The molecule has 88 valence electrons. The lowest BCUT2D eigenvalue weighted by Gasteiger charge is -2.27. The molecule has 0 radical (unpaired) electrons. The number of aryl methyl sites for hydroxylation is 1. The molecule has 1 aromatic rings. The van der Waals surface area contributed by atoms with E-state index in [2.05, 4.69) is 23.0 Å². The molecule has 0 saturated carbocycles. The molecule has 2 N–H and O–H groups in total. The lowest BCUT2D eigenvalue weighted by Crippen LogP contribution is -2.35. The molecule has 0 fully saturated rings. The van der Waals surface area contributed by atoms with E-state index in [9.17, 15) is 0 Å². The zero-order chi connectivity index (χ0) is 11.5. The van der Waals surface area contributed by atoms with E-state index < -0.39 is 0 Å². The number of nitrogens with two attached hydrogens (primary N) is 1. The highest BCUT2D eigenvalue weighted by molar-refractivity contribution is 5.11. The number of rotatable bonds is 3. The first-order valence-corrected chi connectivity index (χ1v) is 5.77. The molecule has 2 rings (SSSR count). The first kappa shape index (κ1) is 11.4. The fourth-order valence-corrected chi connectivity index (χ4v) is 1.99. The largest absolute Gasteiger partial charge is 0.323 e. The summed E-state index contributed by atoms with van der Waals surface area (Å²) in [7, 11) is 1.92. The summed E-state index contributed by atoms with van der Waals surface area (Å²) in [4.78, 5) is 2.39. The van der Waals surface area contributed by atoms with Crippen LogP contribution in [0.2, 0.25) is 0 Å². The van der Waals surface area contributed by atoms with Gasteiger partial charge in [-0.25, -0.2) is 0 Å². The van der Waals surface area contributed by atoms with E-state index in [0.717, 1.165) is 25.2 Å². The van der Waals surface area contributed by atoms with E-state index in [1.165, 1.54) is 12.0 Å². The summed E-state index contributed by atoms with van der Waals surface area (Å²) in [5.41, 5.74) is 8.77. The smallest absolute Gasteiger partial charge is 0.0537 e. The molecule has 4 nitrogen and oxygen atoms in total. The van der Waals surface area contributed by atoms with E-state index in [1.54, 1.807) is 4.68 Å². The van der Waals surface area contributed by atoms with Crippen LogP contribution >= 0.6 is 0 Å². The van der Waals surface area contributed by atoms with Crippen molar-refractivity contribution in [2.24, 2.45) is 12.8 Å². The van der Waals surface area contributed by atoms with Crippen molar-refractivity contribution < 1.29 is 0 Å². The quantitative estimate of drug-likeness (QED) is 0.775. The van der Waals surface area contributed by atoms with E-state index in [-0.39, 0.29) is 6.04 Å². The van der Waals surface area contributed by atoms with Crippen molar-refractivity contribution in [3.63, 3.8) is 0 Å². The maximum atomic E-state index is 6.16. The molecule has 0 bridgehead atoms. The van der Waals surface area contributed by atoms with Crippen molar-refractivity contribution in [1.29, 1.82) is 0 Å². The van der Waals surface area contributed by atoms with Crippen molar-refractivity contribution in [3.8, 4) is 0 Å². The summed E-state index contributed by atoms with van der Waals surface area (Å²) in [6, 6.07) is 0.0699. The Bertz CT molecular complexity index is 380. The van der Waals surface area contributed by atoms with Gasteiger partial charge in [0.25, 0.3) is 0 Å². The Balaban J connectivity index is 1.90. The zero-order valence-corrected chi connectivity index (χ0v) is 10.1. The summed E-state index contributed by atoms with van der Waals surface area (Å²) in [6.45, 7) is 5.25. The number of hydrogen-bond acceptors (Lipinski definition) is 3. The lowest BCUT2D eigenvalue weighted by molar-refractivity contribution is 0.276. The molecule has 4 heteroatoms. The Morgan fingerprint density at radius 2 is 2.38 bits per heavy atom. The van der Waals surface area contributed by atoms with Crippen LogP contribution in [0.15, 0.2) is 24.0 Å². The monoisotopic (exact) mass is 220 g/mol. The fourth-order valence-electron chi connectivity index (χ4n) is 1.99. The highest BCUT2D eigenvalue weighted by atomic mass is 15.2. The summed E-state index contributed by atoms with van der Waals surface area (Å²) in [5, 5.41) is 4.15. The Morgan fingerprint density at radius 3 is 2.94 bits per heavy atom. The van der Waals surface area contributed by atoms with Crippen molar-refractivity contribution in [1.82, 2.24) is 14.7 Å². The summed E-state index contributed by atoms with van der Waals surface area (Å²) < 4.78 is 1.80. The molecule has 1 aromatic heterocycles. The third kappa shape index (κ3) is 2.71. The van der Waals surface area contributed by atoms with Gasteiger partial charge in [0, 0.05) is 44.5 Å². The molecule has 0 aromatic carbocycles. The number of hydrogen-bond donors (Lipinski definition) is 1. The average molecular weight is 220 g/mol. The maximum absolute atomic E-state index is 6.16. The van der Waals surface area contributed by atoms with Crippen LogP contribution in [0.3, 0.4) is 0 Å². The van der Waals surface area contributed by atoms with Gasteiger partial charge < -0.3 is 5.73 Å². The van der Waals surface area contributed by atoms with Gasteiger partial charge in [0.15, 0.2) is 0 Å². The highest BCUT2D eigenvalue weighted by Gasteiger charge is 2.15. The topological polar surface area (TPSA) is 47.1 Å². The first-order valence-electron chi connectivity index (χ1n) is 5.77. The predicted molar refractivity (Wildman–Crippen MR) is 65.0 cm³/mol. The normalized spacial score (nSPS) is 19.6. The Hall–Kier alpha value is -1.13. The van der Waals surface area contributed by atoms with Crippen LogP contribution in [0.5, 0.6) is 0 Å². The molecule has 1 atom stereocenters. The summed E-state index contributed by atoms with van der Waals surface area (Å²) in [6.07, 6.45) is 7.31. The second-order valence-corrected chi connectivity index (χ2v) is 4.61. The molecule has 0 saturated heterocycles. The van der Waals surface area contributed by atoms with Gasteiger partial charge in [-0.15, -0.1) is 0 Å². The molecule has 16 heavy (non-hydrogen) atoms. The van der Waals surface area contributed by atoms with Crippen LogP contribution in [-0.2, 0) is 7.05 Å². The second-order valence-electron chi connectivity index (χ2n) is 4.61. The van der Waals surface area contributed by atoms with Gasteiger partial charge in [0.2, 0.25) is 0 Å². The van der Waals surface area contributed by atoms with Crippen molar-refractivity contribution in [3.05, 3.63) is 29.6 Å². The third-order valence-electron chi connectivity index (χ3n) is 3.13. The molecule has 2 heterocycles. The van der Waals surface area contributed by atoms with Crippen LogP contribution in [0.4, 0.5) is 0 Å². The molecular weight excluding hydrogens is 200 g/mol. The van der Waals surface area contributed by atoms with Crippen LogP contribution in [0.1, 0.15) is 24.9 Å². The highest BCUT2D eigenvalue weighted by Crippen LogP contribution is 2.14. The van der Waals surface area contributed by atoms with E-state index in [0.29, 0.717) is 0 Å². The standard InChI is InChI=1S/C12H20N4/c1-10-3-5-16(6-4-10)9-12(13)11-7-14-15(2)8-11/h3,7-8,12H,4-6,9,13H2,1-2H3. The van der Waals surface area contributed by atoms with Gasteiger partial charge >= 0.3 is 0 Å². The zero-order valence-electron chi connectivity index (χ0n) is 10.1. The Morgan fingerprint density at radius 1 is 1.56 bits per heavy atom. The summed E-state index contributed by atoms with van der Waals surface area (Å²) in [5.74, 6) is 0. The molecular formula is C12H20N4. The van der Waals surface area contributed by atoms with Crippen LogP contribution in [0, 0.1) is 0 Å². The van der Waals surface area contributed by atoms with Crippen molar-refractivity contribution >= 4 is 0 Å². The van der Waals surface area contributed by atoms with Crippen molar-refractivity contribution in [2.45, 2.75) is 19.4 Å². The molecule has 1 aliphatic heterocycles. The van der Waals surface area contributed by atoms with Crippen LogP contribution < -0.4 is 5.73 Å². The minimum absolute atomic E-state index is 0.0699.